The van der Waals surface area contributed by atoms with Crippen molar-refractivity contribution in [2.24, 2.45) is 5.92 Å². The lowest BCUT2D eigenvalue weighted by Gasteiger charge is -2.14. The van der Waals surface area contributed by atoms with Crippen molar-refractivity contribution in [2.45, 2.75) is 26.3 Å². The van der Waals surface area contributed by atoms with Crippen molar-refractivity contribution in [1.29, 1.82) is 0 Å². The molecule has 3 nitrogen and oxygen atoms in total. The number of hydrogen-bond donors (Lipinski definition) is 0. The molecule has 0 bridgehead atoms. The highest BCUT2D eigenvalue weighted by Gasteiger charge is 2.34. The molecule has 0 saturated carbocycles. The van der Waals surface area contributed by atoms with E-state index in [1.807, 2.05) is 13.8 Å². The highest BCUT2D eigenvalue weighted by molar-refractivity contribution is 5.96. The quantitative estimate of drug-likeness (QED) is 0.663. The van der Waals surface area contributed by atoms with Gasteiger partial charge < -0.3 is 0 Å². The van der Waals surface area contributed by atoms with Crippen LogP contribution in [-0.2, 0) is 0 Å². The second-order valence-corrected chi connectivity index (χ2v) is 3.72. The van der Waals surface area contributed by atoms with E-state index in [1.165, 1.54) is 4.68 Å². The average molecular weight is 182 g/mol. The van der Waals surface area contributed by atoms with Gasteiger partial charge in [0.2, 0.25) is 0 Å². The van der Waals surface area contributed by atoms with Gasteiger partial charge in [0.15, 0.2) is 11.6 Å². The summed E-state index contributed by atoms with van der Waals surface area (Å²) in [4.78, 5) is 11.4. The Bertz CT molecular complexity index is 356. The molecule has 0 saturated heterocycles. The third-order valence-electron chi connectivity index (χ3n) is 2.49. The van der Waals surface area contributed by atoms with Gasteiger partial charge in [0.25, 0.3) is 0 Å². The molecule has 2 heterocycles. The Morgan fingerprint density at radius 2 is 2.38 bits per heavy atom. The topological polar surface area (TPSA) is 34.9 Å². The van der Waals surface area contributed by atoms with Crippen molar-refractivity contribution in [3.63, 3.8) is 0 Å². The van der Waals surface area contributed by atoms with Crippen LogP contribution < -0.4 is 0 Å². The molecular weight excluding hydrogens is 171 g/mol. The van der Waals surface area contributed by atoms with E-state index in [9.17, 15) is 9.18 Å². The summed E-state index contributed by atoms with van der Waals surface area (Å²) in [5, 5.41) is 3.87. The standard InChI is InChI=1S/C9H11FN2O/c1-5(2)7-3-8(13)9-6(10)4-11-12(7)9/h4-5,7H,3H2,1-2H3. The number of rotatable bonds is 1. The van der Waals surface area contributed by atoms with Crippen LogP contribution in [0.3, 0.4) is 0 Å². The normalized spacial score (nSPS) is 21.2. The fourth-order valence-electron chi connectivity index (χ4n) is 1.74. The number of fused-ring (bicyclic) bond motifs is 1. The smallest absolute Gasteiger partial charge is 0.186 e. The van der Waals surface area contributed by atoms with E-state index in [-0.39, 0.29) is 17.5 Å². The lowest BCUT2D eigenvalue weighted by atomic mass is 10.0. The number of halogens is 1. The fourth-order valence-corrected chi connectivity index (χ4v) is 1.74. The van der Waals surface area contributed by atoms with Crippen molar-refractivity contribution in [3.05, 3.63) is 17.7 Å². The first-order chi connectivity index (χ1) is 6.11. The summed E-state index contributed by atoms with van der Waals surface area (Å²) >= 11 is 0. The molecule has 1 unspecified atom stereocenters. The summed E-state index contributed by atoms with van der Waals surface area (Å²) in [7, 11) is 0. The molecule has 0 N–H and O–H groups in total. The average Bonchev–Trinajstić information content (AvgIpc) is 2.55. The lowest BCUT2D eigenvalue weighted by molar-refractivity contribution is 0.0980. The number of ketones is 1. The maximum atomic E-state index is 13.0. The summed E-state index contributed by atoms with van der Waals surface area (Å²) in [5.41, 5.74) is 0.152. The number of aromatic nitrogens is 2. The summed E-state index contributed by atoms with van der Waals surface area (Å²) in [6.45, 7) is 4.01. The van der Waals surface area contributed by atoms with Crippen LogP contribution in [0.4, 0.5) is 4.39 Å². The molecule has 70 valence electrons. The predicted molar refractivity (Wildman–Crippen MR) is 45.0 cm³/mol. The molecule has 0 fully saturated rings. The minimum Gasteiger partial charge on any atom is -0.292 e. The zero-order valence-corrected chi connectivity index (χ0v) is 7.62. The Morgan fingerprint density at radius 1 is 1.69 bits per heavy atom. The largest absolute Gasteiger partial charge is 0.292 e. The van der Waals surface area contributed by atoms with Crippen LogP contribution in [0.25, 0.3) is 0 Å². The van der Waals surface area contributed by atoms with Gasteiger partial charge >= 0.3 is 0 Å². The highest BCUT2D eigenvalue weighted by atomic mass is 19.1. The molecule has 1 aromatic heterocycles. The molecule has 1 aliphatic rings. The minimum absolute atomic E-state index is 0.0343. The monoisotopic (exact) mass is 182 g/mol. The summed E-state index contributed by atoms with van der Waals surface area (Å²) in [5.74, 6) is -0.314. The molecule has 1 aromatic rings. The van der Waals surface area contributed by atoms with Crippen LogP contribution in [0, 0.1) is 11.7 Å². The Morgan fingerprint density at radius 3 is 3.00 bits per heavy atom. The van der Waals surface area contributed by atoms with Gasteiger partial charge in [-0.2, -0.15) is 5.10 Å². The van der Waals surface area contributed by atoms with Crippen LogP contribution in [-0.4, -0.2) is 15.6 Å². The first kappa shape index (κ1) is 8.41. The van der Waals surface area contributed by atoms with E-state index >= 15 is 0 Å². The van der Waals surface area contributed by atoms with E-state index < -0.39 is 5.82 Å². The van der Waals surface area contributed by atoms with Crippen LogP contribution in [0.2, 0.25) is 0 Å². The van der Waals surface area contributed by atoms with E-state index in [2.05, 4.69) is 5.10 Å². The molecule has 4 heteroatoms. The third kappa shape index (κ3) is 1.08. The zero-order chi connectivity index (χ0) is 9.59. The second kappa shape index (κ2) is 2.65. The van der Waals surface area contributed by atoms with Gasteiger partial charge in [0, 0.05) is 6.42 Å². The Hall–Kier alpha value is -1.19. The minimum atomic E-state index is -0.492. The first-order valence-corrected chi connectivity index (χ1v) is 4.37. The predicted octanol–water partition coefficient (Wildman–Crippen LogP) is 1.81. The molecule has 2 rings (SSSR count). The number of carbonyl (C=O) groups is 1. The van der Waals surface area contributed by atoms with Crippen molar-refractivity contribution in [1.82, 2.24) is 9.78 Å². The van der Waals surface area contributed by atoms with Gasteiger partial charge in [0.1, 0.15) is 5.69 Å². The number of Topliss-reactive ketones (excluding diaryl/α,β-unsaturated/α-hetero) is 1. The lowest BCUT2D eigenvalue weighted by Crippen LogP contribution is -2.11. The Kier molecular flexibility index (Phi) is 1.71. The second-order valence-electron chi connectivity index (χ2n) is 3.72. The van der Waals surface area contributed by atoms with Crippen LogP contribution in [0.15, 0.2) is 6.20 Å². The first-order valence-electron chi connectivity index (χ1n) is 4.37. The molecule has 1 atom stereocenters. The van der Waals surface area contributed by atoms with Crippen LogP contribution >= 0.6 is 0 Å². The highest BCUT2D eigenvalue weighted by Crippen LogP contribution is 2.31. The Balaban J connectivity index is 2.48. The van der Waals surface area contributed by atoms with E-state index in [4.69, 9.17) is 0 Å². The fraction of sp³-hybridized carbons (Fsp3) is 0.556. The van der Waals surface area contributed by atoms with E-state index in [0.29, 0.717) is 12.3 Å². The molecule has 13 heavy (non-hydrogen) atoms. The van der Waals surface area contributed by atoms with Gasteiger partial charge in [-0.3, -0.25) is 9.48 Å². The Labute approximate surface area is 75.5 Å². The van der Waals surface area contributed by atoms with Gasteiger partial charge in [-0.25, -0.2) is 4.39 Å². The summed E-state index contributed by atoms with van der Waals surface area (Å²) in [6, 6.07) is 0.0343. The third-order valence-corrected chi connectivity index (χ3v) is 2.49. The maximum absolute atomic E-state index is 13.0. The van der Waals surface area contributed by atoms with Crippen molar-refractivity contribution < 1.29 is 9.18 Å². The van der Waals surface area contributed by atoms with Crippen LogP contribution in [0.1, 0.15) is 36.8 Å². The SMILES string of the molecule is CC(C)C1CC(=O)c2c(F)cnn21. The van der Waals surface area contributed by atoms with E-state index in [0.717, 1.165) is 6.20 Å². The molecule has 0 aromatic carbocycles. The van der Waals surface area contributed by atoms with E-state index in [1.54, 1.807) is 0 Å². The van der Waals surface area contributed by atoms with Gasteiger partial charge in [-0.15, -0.1) is 0 Å². The summed E-state index contributed by atoms with van der Waals surface area (Å²) in [6.07, 6.45) is 1.50. The van der Waals surface area contributed by atoms with Crippen molar-refractivity contribution in [2.75, 3.05) is 0 Å². The number of hydrogen-bond acceptors (Lipinski definition) is 2. The molecular formula is C9H11FN2O. The van der Waals surface area contributed by atoms with Gasteiger partial charge in [0.05, 0.1) is 12.2 Å². The summed E-state index contributed by atoms with van der Waals surface area (Å²) < 4.78 is 14.5. The van der Waals surface area contributed by atoms with Gasteiger partial charge in [-0.1, -0.05) is 13.8 Å². The van der Waals surface area contributed by atoms with Crippen LogP contribution in [0.5, 0.6) is 0 Å². The van der Waals surface area contributed by atoms with Gasteiger partial charge in [-0.05, 0) is 5.92 Å². The molecule has 0 spiro atoms. The maximum Gasteiger partial charge on any atom is 0.186 e. The van der Waals surface area contributed by atoms with Crippen molar-refractivity contribution in [3.8, 4) is 0 Å². The molecule has 1 aliphatic heterocycles. The van der Waals surface area contributed by atoms with Crippen molar-refractivity contribution >= 4 is 5.78 Å². The zero-order valence-electron chi connectivity index (χ0n) is 7.62. The molecule has 0 radical (unpaired) electrons. The number of carbonyl (C=O) groups excluding carboxylic acids is 1. The molecule has 0 aliphatic carbocycles. The number of nitrogens with zero attached hydrogens (tertiary/aromatic N) is 2. The molecule has 0 amide bonds.